The van der Waals surface area contributed by atoms with Crippen LogP contribution in [-0.4, -0.2) is 33.7 Å². The number of rotatable bonds is 7. The van der Waals surface area contributed by atoms with Gasteiger partial charge in [0.05, 0.1) is 11.3 Å². The number of nitrogens with zero attached hydrogens (tertiary/aromatic N) is 1. The molecule has 0 atom stereocenters. The summed E-state index contributed by atoms with van der Waals surface area (Å²) in [6.45, 7) is 3.06. The van der Waals surface area contributed by atoms with Crippen LogP contribution in [0.25, 0.3) is 28.4 Å². The van der Waals surface area contributed by atoms with Gasteiger partial charge >= 0.3 is 0 Å². The highest BCUT2D eigenvalue weighted by Crippen LogP contribution is 2.35. The maximum atomic E-state index is 10.2. The summed E-state index contributed by atoms with van der Waals surface area (Å²) < 4.78 is 0. The molecule has 0 unspecified atom stereocenters. The Morgan fingerprint density at radius 3 is 2.88 bits per heavy atom. The fourth-order valence-electron chi connectivity index (χ4n) is 2.88. The number of nitrogens with one attached hydrogen (secondary N) is 3. The Morgan fingerprint density at radius 1 is 1.21 bits per heavy atom. The van der Waals surface area contributed by atoms with E-state index in [0.29, 0.717) is 5.82 Å². The summed E-state index contributed by atoms with van der Waals surface area (Å²) in [4.78, 5) is 10.9. The number of H-pyrrole nitrogens is 2. The number of benzene rings is 1. The molecule has 1 aromatic carbocycles. The molecule has 0 aliphatic carbocycles. The third kappa shape index (κ3) is 3.36. The van der Waals surface area contributed by atoms with Gasteiger partial charge in [-0.15, -0.1) is 0 Å². The minimum Gasteiger partial charge on any atom is -0.494 e. The summed E-state index contributed by atoms with van der Waals surface area (Å²) in [5, 5.41) is 14.4. The van der Waals surface area contributed by atoms with Crippen molar-refractivity contribution >= 4 is 17.0 Å². The van der Waals surface area contributed by atoms with Gasteiger partial charge in [0.2, 0.25) is 5.88 Å². The molecule has 0 aliphatic rings. The van der Waals surface area contributed by atoms with Crippen LogP contribution in [-0.2, 0) is 0 Å². The molecule has 2 heterocycles. The van der Waals surface area contributed by atoms with E-state index in [4.69, 9.17) is 0 Å². The molecule has 0 aliphatic heterocycles. The van der Waals surface area contributed by atoms with Crippen molar-refractivity contribution < 1.29 is 5.11 Å². The highest BCUT2D eigenvalue weighted by molar-refractivity contribution is 5.97. The van der Waals surface area contributed by atoms with Crippen LogP contribution in [0.15, 0.2) is 30.3 Å². The van der Waals surface area contributed by atoms with Crippen LogP contribution in [0.4, 0.5) is 0 Å². The molecular formula is C19H24N4O. The molecular weight excluding hydrogens is 300 g/mol. The van der Waals surface area contributed by atoms with E-state index in [-0.39, 0.29) is 5.88 Å². The monoisotopic (exact) mass is 324 g/mol. The lowest BCUT2D eigenvalue weighted by atomic mass is 10.1. The molecule has 0 spiro atoms. The molecule has 0 fully saturated rings. The van der Waals surface area contributed by atoms with Gasteiger partial charge in [0.1, 0.15) is 5.82 Å². The lowest BCUT2D eigenvalue weighted by molar-refractivity contribution is 0.460. The van der Waals surface area contributed by atoms with Gasteiger partial charge in [-0.25, -0.2) is 4.98 Å². The Morgan fingerprint density at radius 2 is 2.04 bits per heavy atom. The van der Waals surface area contributed by atoms with Gasteiger partial charge < -0.3 is 20.4 Å². The van der Waals surface area contributed by atoms with Gasteiger partial charge in [-0.1, -0.05) is 24.3 Å². The fourth-order valence-corrected chi connectivity index (χ4v) is 2.88. The molecule has 4 N–H and O–H groups in total. The van der Waals surface area contributed by atoms with Crippen molar-refractivity contribution in [1.82, 2.24) is 20.3 Å². The van der Waals surface area contributed by atoms with Gasteiger partial charge in [0.25, 0.3) is 0 Å². The largest absolute Gasteiger partial charge is 0.494 e. The normalized spacial score (nSPS) is 11.8. The minimum atomic E-state index is 0.146. The van der Waals surface area contributed by atoms with Crippen LogP contribution in [0.5, 0.6) is 5.88 Å². The number of hydrogen-bond donors (Lipinski definition) is 4. The highest BCUT2D eigenvalue weighted by atomic mass is 16.3. The molecule has 3 aromatic rings. The van der Waals surface area contributed by atoms with E-state index in [2.05, 4.69) is 32.4 Å². The van der Waals surface area contributed by atoms with Crippen molar-refractivity contribution in [2.24, 2.45) is 0 Å². The van der Waals surface area contributed by atoms with Crippen LogP contribution in [0, 0.1) is 6.92 Å². The van der Waals surface area contributed by atoms with Crippen molar-refractivity contribution in [1.29, 1.82) is 0 Å². The third-order valence-electron chi connectivity index (χ3n) is 4.17. The molecule has 0 saturated heterocycles. The summed E-state index contributed by atoms with van der Waals surface area (Å²) in [6.07, 6.45) is 7.60. The molecule has 24 heavy (non-hydrogen) atoms. The number of hydrogen-bond acceptors (Lipinski definition) is 3. The number of para-hydroxylation sites is 1. The number of aromatic hydroxyl groups is 1. The number of aromatic nitrogens is 3. The maximum Gasteiger partial charge on any atom is 0.200 e. The molecule has 5 heteroatoms. The number of allylic oxidation sites excluding steroid dienone is 1. The van der Waals surface area contributed by atoms with Crippen molar-refractivity contribution in [3.05, 3.63) is 41.7 Å². The third-order valence-corrected chi connectivity index (χ3v) is 4.17. The predicted molar refractivity (Wildman–Crippen MR) is 99.1 cm³/mol. The second kappa shape index (κ2) is 7.36. The molecule has 5 nitrogen and oxygen atoms in total. The minimum absolute atomic E-state index is 0.146. The fraction of sp³-hybridized carbons (Fsp3) is 0.316. The lowest BCUT2D eigenvalue weighted by Gasteiger charge is -1.95. The van der Waals surface area contributed by atoms with E-state index in [9.17, 15) is 5.11 Å². The zero-order valence-electron chi connectivity index (χ0n) is 14.2. The van der Waals surface area contributed by atoms with E-state index in [1.165, 1.54) is 6.42 Å². The standard InChI is InChI=1S/C19H24N4O/c1-13-15(10-5-3-4-8-12-20-2)22-18(21-13)17-14-9-6-7-11-16(14)23-19(17)24/h5-7,9-11,20,23-24H,3-4,8,12H2,1-2H3,(H,21,22)/b10-5-. The van der Waals surface area contributed by atoms with Gasteiger partial charge in [0, 0.05) is 16.6 Å². The van der Waals surface area contributed by atoms with Crippen molar-refractivity contribution in [2.75, 3.05) is 13.6 Å². The first kappa shape index (κ1) is 16.3. The van der Waals surface area contributed by atoms with Gasteiger partial charge in [-0.2, -0.15) is 0 Å². The van der Waals surface area contributed by atoms with Gasteiger partial charge in [0.15, 0.2) is 0 Å². The van der Waals surface area contributed by atoms with E-state index < -0.39 is 0 Å². The van der Waals surface area contributed by atoms with Crippen molar-refractivity contribution in [3.8, 4) is 17.3 Å². The second-order valence-corrected chi connectivity index (χ2v) is 5.99. The van der Waals surface area contributed by atoms with Gasteiger partial charge in [-0.3, -0.25) is 0 Å². The molecule has 3 rings (SSSR count). The van der Waals surface area contributed by atoms with E-state index in [1.54, 1.807) is 0 Å². The molecule has 0 amide bonds. The second-order valence-electron chi connectivity index (χ2n) is 5.99. The maximum absolute atomic E-state index is 10.2. The molecule has 0 saturated carbocycles. The number of unbranched alkanes of at least 4 members (excludes halogenated alkanes) is 2. The molecule has 0 bridgehead atoms. The molecule has 0 radical (unpaired) electrons. The summed E-state index contributed by atoms with van der Waals surface area (Å²) in [5.74, 6) is 0.838. The van der Waals surface area contributed by atoms with Crippen molar-refractivity contribution in [2.45, 2.75) is 26.2 Å². The van der Waals surface area contributed by atoms with E-state index in [0.717, 1.165) is 47.2 Å². The van der Waals surface area contributed by atoms with E-state index >= 15 is 0 Å². The number of imidazole rings is 1. The summed E-state index contributed by atoms with van der Waals surface area (Å²) >= 11 is 0. The highest BCUT2D eigenvalue weighted by Gasteiger charge is 2.16. The van der Waals surface area contributed by atoms with Crippen LogP contribution in [0.3, 0.4) is 0 Å². The smallest absolute Gasteiger partial charge is 0.200 e. The average Bonchev–Trinajstić information content (AvgIpc) is 3.09. The first-order chi connectivity index (χ1) is 11.7. The first-order valence-electron chi connectivity index (χ1n) is 8.38. The number of aryl methyl sites for hydroxylation is 1. The lowest BCUT2D eigenvalue weighted by Crippen LogP contribution is -2.06. The van der Waals surface area contributed by atoms with Crippen LogP contribution >= 0.6 is 0 Å². The summed E-state index contributed by atoms with van der Waals surface area (Å²) in [7, 11) is 1.98. The summed E-state index contributed by atoms with van der Waals surface area (Å²) in [6, 6.07) is 7.83. The average molecular weight is 324 g/mol. The SMILES string of the molecule is CNCCCC/C=C\c1nc(-c2c(O)[nH]c3ccccc23)[nH]c1C. The van der Waals surface area contributed by atoms with Crippen molar-refractivity contribution in [3.63, 3.8) is 0 Å². The van der Waals surface area contributed by atoms with Crippen LogP contribution in [0.2, 0.25) is 0 Å². The Kier molecular flexibility index (Phi) is 5.01. The Hall–Kier alpha value is -2.53. The quantitative estimate of drug-likeness (QED) is 0.497. The molecule has 126 valence electrons. The zero-order valence-corrected chi connectivity index (χ0v) is 14.2. The molecule has 2 aromatic heterocycles. The first-order valence-corrected chi connectivity index (χ1v) is 8.38. The predicted octanol–water partition coefficient (Wildman–Crippen LogP) is 3.97. The summed E-state index contributed by atoms with van der Waals surface area (Å²) in [5.41, 5.74) is 3.55. The Labute approximate surface area is 141 Å². The van der Waals surface area contributed by atoms with E-state index in [1.807, 2.05) is 38.2 Å². The Balaban J connectivity index is 1.81. The van der Waals surface area contributed by atoms with Gasteiger partial charge in [-0.05, 0) is 51.9 Å². The zero-order chi connectivity index (χ0) is 16.9. The van der Waals surface area contributed by atoms with Crippen LogP contribution in [0.1, 0.15) is 30.7 Å². The topological polar surface area (TPSA) is 76.7 Å². The number of fused-ring (bicyclic) bond motifs is 1. The number of aromatic amines is 2. The van der Waals surface area contributed by atoms with Crippen LogP contribution < -0.4 is 5.32 Å². The Bertz CT molecular complexity index is 844.